The van der Waals surface area contributed by atoms with E-state index in [0.29, 0.717) is 0 Å². The van der Waals surface area contributed by atoms with Crippen molar-refractivity contribution in [1.82, 2.24) is 4.90 Å². The number of carbonyl (C=O) groups excluding carboxylic acids is 1. The van der Waals surface area contributed by atoms with Crippen LogP contribution in [-0.2, 0) is 9.47 Å². The van der Waals surface area contributed by atoms with E-state index in [9.17, 15) is 18.7 Å². The van der Waals surface area contributed by atoms with Gasteiger partial charge in [0.2, 0.25) is 0 Å². The van der Waals surface area contributed by atoms with Crippen LogP contribution in [0.25, 0.3) is 0 Å². The molecule has 0 bridgehead atoms. The summed E-state index contributed by atoms with van der Waals surface area (Å²) in [6.07, 6.45) is -1.14. The molecule has 0 aromatic carbocycles. The molecule has 1 aliphatic rings. The predicted molar refractivity (Wildman–Crippen MR) is 59.3 cm³/mol. The number of halogens is 2. The summed E-state index contributed by atoms with van der Waals surface area (Å²) in [7, 11) is 0. The van der Waals surface area contributed by atoms with Gasteiger partial charge in [-0.3, -0.25) is 0 Å². The van der Waals surface area contributed by atoms with E-state index in [0.717, 1.165) is 0 Å². The highest BCUT2D eigenvalue weighted by molar-refractivity contribution is 5.69. The molecule has 1 rings (SSSR count). The van der Waals surface area contributed by atoms with Gasteiger partial charge in [0, 0.05) is 0 Å². The first-order valence-corrected chi connectivity index (χ1v) is 5.76. The Morgan fingerprint density at radius 3 is 2.61 bits per heavy atom. The lowest BCUT2D eigenvalue weighted by Crippen LogP contribution is -2.42. The molecule has 7 heteroatoms. The lowest BCUT2D eigenvalue weighted by atomic mass is 10.2. The maximum absolute atomic E-state index is 12.0. The van der Waals surface area contributed by atoms with Gasteiger partial charge in [0.1, 0.15) is 5.60 Å². The Balaban J connectivity index is 2.58. The van der Waals surface area contributed by atoms with Gasteiger partial charge >= 0.3 is 12.7 Å². The molecule has 1 saturated heterocycles. The lowest BCUT2D eigenvalue weighted by molar-refractivity contribution is -0.138. The Morgan fingerprint density at radius 1 is 1.50 bits per heavy atom. The van der Waals surface area contributed by atoms with Crippen LogP contribution in [0.4, 0.5) is 13.6 Å². The van der Waals surface area contributed by atoms with Crippen LogP contribution in [-0.4, -0.2) is 53.6 Å². The summed E-state index contributed by atoms with van der Waals surface area (Å²) in [6, 6.07) is -0.580. The second-order valence-electron chi connectivity index (χ2n) is 5.27. The van der Waals surface area contributed by atoms with Gasteiger partial charge in [-0.1, -0.05) is 0 Å². The fourth-order valence-corrected chi connectivity index (χ4v) is 1.78. The van der Waals surface area contributed by atoms with Crippen molar-refractivity contribution in [1.29, 1.82) is 0 Å². The van der Waals surface area contributed by atoms with Crippen molar-refractivity contribution in [2.75, 3.05) is 13.2 Å². The molecular weight excluding hydrogens is 248 g/mol. The predicted octanol–water partition coefficient (Wildman–Crippen LogP) is 1.60. The third-order valence-electron chi connectivity index (χ3n) is 2.43. The van der Waals surface area contributed by atoms with Crippen molar-refractivity contribution in [3.05, 3.63) is 0 Å². The van der Waals surface area contributed by atoms with E-state index in [4.69, 9.17) is 4.74 Å². The summed E-state index contributed by atoms with van der Waals surface area (Å²) in [5.41, 5.74) is -0.668. The Bertz CT molecular complexity index is 293. The van der Waals surface area contributed by atoms with E-state index in [-0.39, 0.29) is 19.6 Å². The number of aliphatic hydroxyl groups excluding tert-OH is 1. The number of aliphatic hydroxyl groups is 1. The van der Waals surface area contributed by atoms with Crippen LogP contribution in [0.3, 0.4) is 0 Å². The zero-order valence-corrected chi connectivity index (χ0v) is 10.7. The Labute approximate surface area is 105 Å². The maximum atomic E-state index is 12.0. The molecule has 1 N–H and O–H groups in total. The van der Waals surface area contributed by atoms with Crippen LogP contribution in [0, 0.1) is 0 Å². The zero-order valence-electron chi connectivity index (χ0n) is 10.7. The normalized spacial score (nSPS) is 24.7. The summed E-state index contributed by atoms with van der Waals surface area (Å²) in [5.74, 6) is 0. The molecule has 1 heterocycles. The monoisotopic (exact) mass is 267 g/mol. The van der Waals surface area contributed by atoms with E-state index in [1.165, 1.54) is 4.90 Å². The highest BCUT2D eigenvalue weighted by Gasteiger charge is 2.37. The molecule has 0 aromatic rings. The van der Waals surface area contributed by atoms with E-state index in [1.807, 2.05) is 0 Å². The molecule has 0 radical (unpaired) electrons. The molecule has 5 nitrogen and oxygen atoms in total. The quantitative estimate of drug-likeness (QED) is 0.843. The Hall–Kier alpha value is -0.950. The van der Waals surface area contributed by atoms with E-state index in [1.54, 1.807) is 20.8 Å². The van der Waals surface area contributed by atoms with Gasteiger partial charge in [0.25, 0.3) is 0 Å². The van der Waals surface area contributed by atoms with Gasteiger partial charge < -0.3 is 19.5 Å². The van der Waals surface area contributed by atoms with Crippen LogP contribution in [0.2, 0.25) is 0 Å². The largest absolute Gasteiger partial charge is 0.444 e. The standard InChI is InChI=1S/C11H19F2NO4/c1-11(2,3)18-10(16)14-5-8(15)4-7(14)6-17-9(12)13/h7-9,15H,4-6H2,1-3H3/t7-,8+/m0/s1. The number of hydrogen-bond donors (Lipinski definition) is 1. The average Bonchev–Trinajstić information content (AvgIpc) is 2.54. The smallest absolute Gasteiger partial charge is 0.410 e. The average molecular weight is 267 g/mol. The van der Waals surface area contributed by atoms with Gasteiger partial charge in [-0.25, -0.2) is 4.79 Å². The van der Waals surface area contributed by atoms with Crippen molar-refractivity contribution in [2.45, 2.75) is 51.6 Å². The van der Waals surface area contributed by atoms with Gasteiger partial charge in [0.15, 0.2) is 0 Å². The van der Waals surface area contributed by atoms with Crippen molar-refractivity contribution in [3.63, 3.8) is 0 Å². The fraction of sp³-hybridized carbons (Fsp3) is 0.909. The summed E-state index contributed by atoms with van der Waals surface area (Å²) in [5, 5.41) is 9.49. The van der Waals surface area contributed by atoms with Gasteiger partial charge in [-0.05, 0) is 27.2 Å². The first-order chi connectivity index (χ1) is 8.19. The Morgan fingerprint density at radius 2 is 2.11 bits per heavy atom. The number of hydrogen-bond acceptors (Lipinski definition) is 4. The number of β-amino-alcohol motifs (C(OH)–C–C–N with tert-alkyl or cyclic N) is 1. The highest BCUT2D eigenvalue weighted by atomic mass is 19.3. The van der Waals surface area contributed by atoms with Crippen LogP contribution in [0.15, 0.2) is 0 Å². The van der Waals surface area contributed by atoms with Crippen LogP contribution >= 0.6 is 0 Å². The SMILES string of the molecule is CC(C)(C)OC(=O)N1C[C@H](O)C[C@H]1COC(F)F. The molecule has 0 saturated carbocycles. The Kier molecular flexibility index (Phi) is 4.86. The molecule has 1 aliphatic heterocycles. The minimum absolute atomic E-state index is 0.0756. The highest BCUT2D eigenvalue weighted by Crippen LogP contribution is 2.22. The summed E-state index contributed by atoms with van der Waals surface area (Å²) >= 11 is 0. The minimum atomic E-state index is -2.89. The lowest BCUT2D eigenvalue weighted by Gasteiger charge is -2.28. The number of alkyl halides is 2. The van der Waals surface area contributed by atoms with Crippen molar-refractivity contribution in [3.8, 4) is 0 Å². The van der Waals surface area contributed by atoms with Crippen molar-refractivity contribution < 1.29 is 28.2 Å². The van der Waals surface area contributed by atoms with Gasteiger partial charge in [0.05, 0.1) is 25.3 Å². The molecule has 0 spiro atoms. The molecule has 0 unspecified atom stereocenters. The number of nitrogens with zero attached hydrogens (tertiary/aromatic N) is 1. The molecule has 1 amide bonds. The second kappa shape index (κ2) is 5.79. The topological polar surface area (TPSA) is 59.0 Å². The van der Waals surface area contributed by atoms with Gasteiger partial charge in [-0.15, -0.1) is 0 Å². The van der Waals surface area contributed by atoms with E-state index >= 15 is 0 Å². The van der Waals surface area contributed by atoms with Crippen molar-refractivity contribution in [2.24, 2.45) is 0 Å². The van der Waals surface area contributed by atoms with Crippen molar-refractivity contribution >= 4 is 6.09 Å². The number of rotatable bonds is 3. The number of ether oxygens (including phenoxy) is 2. The summed E-state index contributed by atoms with van der Waals surface area (Å²) < 4.78 is 33.3. The third-order valence-corrected chi connectivity index (χ3v) is 2.43. The molecule has 1 fully saturated rings. The van der Waals surface area contributed by atoms with Gasteiger partial charge in [-0.2, -0.15) is 8.78 Å². The van der Waals surface area contributed by atoms with E-state index < -0.39 is 30.5 Å². The molecule has 2 atom stereocenters. The zero-order chi connectivity index (χ0) is 13.9. The minimum Gasteiger partial charge on any atom is -0.444 e. The van der Waals surface area contributed by atoms with Crippen LogP contribution < -0.4 is 0 Å². The van der Waals surface area contributed by atoms with Crippen LogP contribution in [0.1, 0.15) is 27.2 Å². The number of amides is 1. The molecule has 18 heavy (non-hydrogen) atoms. The second-order valence-corrected chi connectivity index (χ2v) is 5.27. The first-order valence-electron chi connectivity index (χ1n) is 5.76. The fourth-order valence-electron chi connectivity index (χ4n) is 1.78. The number of carbonyl (C=O) groups is 1. The van der Waals surface area contributed by atoms with E-state index in [2.05, 4.69) is 4.74 Å². The van der Waals surface area contributed by atoms with Crippen LogP contribution in [0.5, 0.6) is 0 Å². The maximum Gasteiger partial charge on any atom is 0.410 e. The molecule has 0 aromatic heterocycles. The number of likely N-dealkylation sites (tertiary alicyclic amines) is 1. The summed E-state index contributed by atoms with van der Waals surface area (Å²) in [6.45, 7) is 2.01. The molecule has 0 aliphatic carbocycles. The molecule has 106 valence electrons. The molecular formula is C11H19F2NO4. The summed E-state index contributed by atoms with van der Waals surface area (Å²) in [4.78, 5) is 13.0. The third kappa shape index (κ3) is 4.73. The first kappa shape index (κ1) is 15.1.